The summed E-state index contributed by atoms with van der Waals surface area (Å²) in [5.74, 6) is -0.614. The highest BCUT2D eigenvalue weighted by molar-refractivity contribution is 5.51. The first kappa shape index (κ1) is 15.7. The molecular weight excluding hydrogens is 291 g/mol. The number of aromatic hydroxyl groups is 1. The van der Waals surface area contributed by atoms with Gasteiger partial charge in [-0.1, -0.05) is 12.1 Å². The number of nitro groups is 1. The lowest BCUT2D eigenvalue weighted by Gasteiger charge is -2.18. The van der Waals surface area contributed by atoms with E-state index in [4.69, 9.17) is 0 Å². The monoisotopic (exact) mass is 306 g/mol. The van der Waals surface area contributed by atoms with Crippen molar-refractivity contribution in [3.63, 3.8) is 0 Å². The molecule has 0 bridgehead atoms. The van der Waals surface area contributed by atoms with Crippen molar-refractivity contribution >= 4 is 11.4 Å². The number of benzene rings is 2. The standard InChI is InChI=1S/C15H15FN2O4/c16-14-8-12(18(21)22)3-6-15(14)17-11(9-19)7-10-1-4-13(20)5-2-10/h1-6,8,11,17,19-20H,7,9H2/t11-/m0/s1. The van der Waals surface area contributed by atoms with Gasteiger partial charge in [-0.2, -0.15) is 0 Å². The van der Waals surface area contributed by atoms with Gasteiger partial charge in [0.2, 0.25) is 0 Å². The van der Waals surface area contributed by atoms with Gasteiger partial charge in [0.1, 0.15) is 5.75 Å². The van der Waals surface area contributed by atoms with Crippen LogP contribution in [0, 0.1) is 15.9 Å². The van der Waals surface area contributed by atoms with Crippen LogP contribution in [0.1, 0.15) is 5.56 Å². The average molecular weight is 306 g/mol. The van der Waals surface area contributed by atoms with Crippen LogP contribution in [0.25, 0.3) is 0 Å². The Balaban J connectivity index is 2.09. The summed E-state index contributed by atoms with van der Waals surface area (Å²) in [6.07, 6.45) is 0.410. The molecule has 2 aromatic carbocycles. The van der Waals surface area contributed by atoms with Crippen LogP contribution in [0.3, 0.4) is 0 Å². The minimum atomic E-state index is -0.752. The quantitative estimate of drug-likeness (QED) is 0.563. The van der Waals surface area contributed by atoms with E-state index in [0.29, 0.717) is 6.42 Å². The summed E-state index contributed by atoms with van der Waals surface area (Å²) in [5.41, 5.74) is 0.609. The summed E-state index contributed by atoms with van der Waals surface area (Å²) in [4.78, 5) is 9.90. The second-order valence-electron chi connectivity index (χ2n) is 4.82. The smallest absolute Gasteiger partial charge is 0.272 e. The van der Waals surface area contributed by atoms with E-state index in [2.05, 4.69) is 5.32 Å². The van der Waals surface area contributed by atoms with Crippen LogP contribution in [0.5, 0.6) is 5.75 Å². The largest absolute Gasteiger partial charge is 0.508 e. The van der Waals surface area contributed by atoms with Crippen LogP contribution in [-0.2, 0) is 6.42 Å². The van der Waals surface area contributed by atoms with Crippen molar-refractivity contribution in [1.29, 1.82) is 0 Å². The summed E-state index contributed by atoms with van der Waals surface area (Å²) in [7, 11) is 0. The topological polar surface area (TPSA) is 95.6 Å². The zero-order valence-electron chi connectivity index (χ0n) is 11.6. The Morgan fingerprint density at radius 3 is 2.45 bits per heavy atom. The molecule has 0 saturated carbocycles. The van der Waals surface area contributed by atoms with Crippen molar-refractivity contribution in [2.75, 3.05) is 11.9 Å². The lowest BCUT2D eigenvalue weighted by molar-refractivity contribution is -0.385. The molecule has 0 unspecified atom stereocenters. The summed E-state index contributed by atoms with van der Waals surface area (Å²) < 4.78 is 13.8. The molecule has 116 valence electrons. The zero-order valence-corrected chi connectivity index (χ0v) is 11.6. The molecule has 22 heavy (non-hydrogen) atoms. The van der Waals surface area contributed by atoms with E-state index in [1.54, 1.807) is 12.1 Å². The molecule has 2 aromatic rings. The van der Waals surface area contributed by atoms with Crippen molar-refractivity contribution in [1.82, 2.24) is 0 Å². The van der Waals surface area contributed by atoms with Gasteiger partial charge in [0.15, 0.2) is 5.82 Å². The second kappa shape index (κ2) is 6.86. The number of aliphatic hydroxyl groups excluding tert-OH is 1. The van der Waals surface area contributed by atoms with Crippen molar-refractivity contribution in [2.45, 2.75) is 12.5 Å². The number of nitrogens with one attached hydrogen (secondary N) is 1. The molecule has 7 heteroatoms. The number of phenolic OH excluding ortho intramolecular Hbond substituents is 1. The van der Waals surface area contributed by atoms with Gasteiger partial charge in [-0.3, -0.25) is 10.1 Å². The van der Waals surface area contributed by atoms with Crippen LogP contribution < -0.4 is 5.32 Å². The van der Waals surface area contributed by atoms with E-state index in [9.17, 15) is 24.7 Å². The first-order valence-electron chi connectivity index (χ1n) is 6.59. The van der Waals surface area contributed by atoms with E-state index in [1.165, 1.54) is 24.3 Å². The zero-order chi connectivity index (χ0) is 16.1. The predicted molar refractivity (Wildman–Crippen MR) is 79.4 cm³/mol. The van der Waals surface area contributed by atoms with Crippen molar-refractivity contribution in [3.8, 4) is 5.75 Å². The number of anilines is 1. The fourth-order valence-corrected chi connectivity index (χ4v) is 2.03. The maximum absolute atomic E-state index is 13.8. The highest BCUT2D eigenvalue weighted by atomic mass is 19.1. The molecule has 2 rings (SSSR count). The van der Waals surface area contributed by atoms with E-state index in [0.717, 1.165) is 11.6 Å². The summed E-state index contributed by atoms with van der Waals surface area (Å²) in [6, 6.07) is 9.29. The van der Waals surface area contributed by atoms with Crippen molar-refractivity contribution in [2.24, 2.45) is 0 Å². The van der Waals surface area contributed by atoms with Gasteiger partial charge >= 0.3 is 0 Å². The Morgan fingerprint density at radius 2 is 1.91 bits per heavy atom. The third-order valence-electron chi connectivity index (χ3n) is 3.16. The van der Waals surface area contributed by atoms with E-state index < -0.39 is 16.8 Å². The molecule has 0 radical (unpaired) electrons. The van der Waals surface area contributed by atoms with Crippen LogP contribution >= 0.6 is 0 Å². The van der Waals surface area contributed by atoms with Gasteiger partial charge in [0.25, 0.3) is 5.69 Å². The predicted octanol–water partition coefficient (Wildman–Crippen LogP) is 2.46. The number of hydrogen-bond donors (Lipinski definition) is 3. The van der Waals surface area contributed by atoms with Crippen LogP contribution in [-0.4, -0.2) is 27.8 Å². The molecule has 0 spiro atoms. The van der Waals surface area contributed by atoms with Crippen LogP contribution in [0.4, 0.5) is 15.8 Å². The summed E-state index contributed by atoms with van der Waals surface area (Å²) in [6.45, 7) is -0.239. The van der Waals surface area contributed by atoms with Gasteiger partial charge < -0.3 is 15.5 Å². The summed E-state index contributed by atoms with van der Waals surface area (Å²) >= 11 is 0. The molecule has 0 aliphatic rings. The molecule has 0 aliphatic heterocycles. The maximum Gasteiger partial charge on any atom is 0.272 e. The molecule has 0 saturated heterocycles. The molecule has 0 amide bonds. The lowest BCUT2D eigenvalue weighted by Crippen LogP contribution is -2.26. The SMILES string of the molecule is O=[N+]([O-])c1ccc(N[C@H](CO)Cc2ccc(O)cc2)c(F)c1. The molecule has 1 atom stereocenters. The Kier molecular flexibility index (Phi) is 4.90. The fourth-order valence-electron chi connectivity index (χ4n) is 2.03. The lowest BCUT2D eigenvalue weighted by atomic mass is 10.1. The van der Waals surface area contributed by atoms with Gasteiger partial charge in [-0.25, -0.2) is 4.39 Å². The fraction of sp³-hybridized carbons (Fsp3) is 0.200. The third kappa shape index (κ3) is 3.92. The Morgan fingerprint density at radius 1 is 1.23 bits per heavy atom. The molecule has 0 heterocycles. The van der Waals surface area contributed by atoms with E-state index in [-0.39, 0.29) is 23.7 Å². The number of non-ortho nitro benzene ring substituents is 1. The number of rotatable bonds is 6. The Labute approximate surface area is 126 Å². The first-order valence-corrected chi connectivity index (χ1v) is 6.59. The molecule has 0 fully saturated rings. The number of nitro benzene ring substituents is 1. The van der Waals surface area contributed by atoms with Crippen LogP contribution in [0.2, 0.25) is 0 Å². The second-order valence-corrected chi connectivity index (χ2v) is 4.82. The van der Waals surface area contributed by atoms with E-state index >= 15 is 0 Å². The number of nitrogens with zero attached hydrogens (tertiary/aromatic N) is 1. The number of phenols is 1. The minimum absolute atomic E-state index is 0.0865. The summed E-state index contributed by atoms with van der Waals surface area (Å²) in [5, 5.41) is 32.0. The first-order chi connectivity index (χ1) is 10.5. The van der Waals surface area contributed by atoms with Crippen LogP contribution in [0.15, 0.2) is 42.5 Å². The number of hydrogen-bond acceptors (Lipinski definition) is 5. The Hall–Kier alpha value is -2.67. The minimum Gasteiger partial charge on any atom is -0.508 e. The molecule has 0 aromatic heterocycles. The van der Waals surface area contributed by atoms with E-state index in [1.807, 2.05) is 0 Å². The van der Waals surface area contributed by atoms with Crippen molar-refractivity contribution in [3.05, 3.63) is 64.0 Å². The average Bonchev–Trinajstić information content (AvgIpc) is 2.50. The van der Waals surface area contributed by atoms with Gasteiger partial charge in [-0.15, -0.1) is 0 Å². The molecule has 3 N–H and O–H groups in total. The number of aliphatic hydroxyl groups is 1. The number of halogens is 1. The molecular formula is C15H15FN2O4. The maximum atomic E-state index is 13.8. The van der Waals surface area contributed by atoms with Crippen molar-refractivity contribution < 1.29 is 19.5 Å². The molecule has 0 aliphatic carbocycles. The van der Waals surface area contributed by atoms with Gasteiger partial charge in [0, 0.05) is 6.07 Å². The normalized spacial score (nSPS) is 11.9. The Bertz CT molecular complexity index is 661. The van der Waals surface area contributed by atoms with Gasteiger partial charge in [-0.05, 0) is 30.2 Å². The molecule has 6 nitrogen and oxygen atoms in total. The highest BCUT2D eigenvalue weighted by Gasteiger charge is 2.14. The highest BCUT2D eigenvalue weighted by Crippen LogP contribution is 2.22. The van der Waals surface area contributed by atoms with Gasteiger partial charge in [0.05, 0.1) is 29.3 Å². The third-order valence-corrected chi connectivity index (χ3v) is 3.16.